The number of fused-ring (bicyclic) bond motifs is 7. The van der Waals surface area contributed by atoms with Crippen molar-refractivity contribution in [2.45, 2.75) is 76.3 Å². The first-order valence-electron chi connectivity index (χ1n) is 11.3. The normalized spacial score (nSPS) is 56.4. The van der Waals surface area contributed by atoms with Crippen LogP contribution in [0, 0.1) is 28.6 Å². The molecule has 6 nitrogen and oxygen atoms in total. The number of allylic oxidation sites excluding steroid dienone is 1. The smallest absolute Gasteiger partial charge is 0.226 e. The average Bonchev–Trinajstić information content (AvgIpc) is 3.37. The molecule has 0 aromatic rings. The highest BCUT2D eigenvalue weighted by molar-refractivity contribution is 5.91. The van der Waals surface area contributed by atoms with E-state index in [1.54, 1.807) is 0 Å². The number of hydrogen-bond acceptors (Lipinski definition) is 6. The summed E-state index contributed by atoms with van der Waals surface area (Å²) in [7, 11) is 0. The van der Waals surface area contributed by atoms with E-state index in [4.69, 9.17) is 18.9 Å². The molecule has 2 saturated heterocycles. The summed E-state index contributed by atoms with van der Waals surface area (Å²) in [6, 6.07) is 0. The Hall–Kier alpha value is -0.790. The topological polar surface area (TPSA) is 74.2 Å². The van der Waals surface area contributed by atoms with Crippen LogP contribution in [0.2, 0.25) is 0 Å². The lowest BCUT2D eigenvalue weighted by Gasteiger charge is -2.61. The third kappa shape index (κ3) is 2.13. The van der Waals surface area contributed by atoms with Gasteiger partial charge in [-0.1, -0.05) is 19.4 Å². The predicted octanol–water partition coefficient (Wildman–Crippen LogP) is 2.93. The molecule has 8 atom stereocenters. The van der Waals surface area contributed by atoms with Crippen LogP contribution in [0.4, 0.5) is 0 Å². The molecule has 6 aliphatic rings. The second kappa shape index (κ2) is 5.92. The van der Waals surface area contributed by atoms with Crippen molar-refractivity contribution in [1.29, 1.82) is 0 Å². The maximum atomic E-state index is 12.1. The fraction of sp³-hybridized carbons (Fsp3) is 0.870. The largest absolute Gasteiger partial charge is 0.393 e. The van der Waals surface area contributed by atoms with Gasteiger partial charge in [0.05, 0.1) is 6.10 Å². The van der Waals surface area contributed by atoms with Crippen molar-refractivity contribution in [2.75, 3.05) is 20.2 Å². The minimum Gasteiger partial charge on any atom is -0.393 e. The standard InChI is InChI=1S/C23H32O6/c1-20-7-5-15(24)9-14(20)3-4-16-17-6-8-22(21(17,2)10-18(25)19(16)20)23(29-13-27-22)11-26-12-28-23/h9,16-19,25H,3-8,10-13H2,1-2H3/t16-,17-,18-,19+,20-,21-,22+,23?/m0/s1. The molecule has 1 N–H and O–H groups in total. The van der Waals surface area contributed by atoms with Crippen molar-refractivity contribution in [3.05, 3.63) is 11.6 Å². The molecule has 2 spiro atoms. The molecule has 2 aliphatic heterocycles. The van der Waals surface area contributed by atoms with E-state index >= 15 is 0 Å². The van der Waals surface area contributed by atoms with E-state index in [9.17, 15) is 9.90 Å². The Kier molecular flexibility index (Phi) is 3.86. The molecule has 29 heavy (non-hydrogen) atoms. The van der Waals surface area contributed by atoms with E-state index in [0.717, 1.165) is 32.1 Å². The zero-order valence-corrected chi connectivity index (χ0v) is 17.4. The highest BCUT2D eigenvalue weighted by Gasteiger charge is 2.76. The molecule has 4 aliphatic carbocycles. The van der Waals surface area contributed by atoms with Gasteiger partial charge in [0, 0.05) is 11.8 Å². The van der Waals surface area contributed by atoms with Gasteiger partial charge in [-0.15, -0.1) is 0 Å². The minimum atomic E-state index is -0.843. The molecular formula is C23H32O6. The van der Waals surface area contributed by atoms with Crippen molar-refractivity contribution in [3.8, 4) is 0 Å². The number of hydrogen-bond donors (Lipinski definition) is 1. The third-order valence-corrected chi connectivity index (χ3v) is 9.90. The Morgan fingerprint density at radius 2 is 1.90 bits per heavy atom. The molecule has 0 bridgehead atoms. The van der Waals surface area contributed by atoms with Gasteiger partial charge in [0.1, 0.15) is 12.2 Å². The van der Waals surface area contributed by atoms with Gasteiger partial charge in [0.2, 0.25) is 5.79 Å². The molecule has 0 amide bonds. The van der Waals surface area contributed by atoms with Crippen LogP contribution in [0.3, 0.4) is 0 Å². The van der Waals surface area contributed by atoms with Gasteiger partial charge in [-0.2, -0.15) is 0 Å². The summed E-state index contributed by atoms with van der Waals surface area (Å²) in [5.41, 5.74) is 0.423. The Bertz CT molecular complexity index is 766. The molecule has 3 saturated carbocycles. The lowest BCUT2D eigenvalue weighted by molar-refractivity contribution is -0.257. The number of rotatable bonds is 0. The molecule has 2 heterocycles. The van der Waals surface area contributed by atoms with E-state index in [1.165, 1.54) is 5.57 Å². The van der Waals surface area contributed by atoms with Crippen molar-refractivity contribution in [1.82, 2.24) is 0 Å². The minimum absolute atomic E-state index is 0.0645. The van der Waals surface area contributed by atoms with E-state index < -0.39 is 17.5 Å². The number of carbonyl (C=O) groups is 1. The Morgan fingerprint density at radius 1 is 1.07 bits per heavy atom. The zero-order chi connectivity index (χ0) is 20.1. The van der Waals surface area contributed by atoms with Crippen LogP contribution in [-0.4, -0.2) is 48.6 Å². The van der Waals surface area contributed by atoms with Crippen molar-refractivity contribution >= 4 is 5.78 Å². The molecular weight excluding hydrogens is 372 g/mol. The van der Waals surface area contributed by atoms with Gasteiger partial charge in [-0.05, 0) is 67.8 Å². The molecule has 5 fully saturated rings. The maximum Gasteiger partial charge on any atom is 0.226 e. The first-order chi connectivity index (χ1) is 13.9. The summed E-state index contributed by atoms with van der Waals surface area (Å²) in [5, 5.41) is 11.6. The number of ether oxygens (including phenoxy) is 4. The van der Waals surface area contributed by atoms with Crippen LogP contribution in [-0.2, 0) is 23.7 Å². The molecule has 6 heteroatoms. The van der Waals surface area contributed by atoms with Crippen LogP contribution in [0.1, 0.15) is 58.8 Å². The predicted molar refractivity (Wildman–Crippen MR) is 103 cm³/mol. The lowest BCUT2D eigenvalue weighted by Crippen LogP contribution is -2.66. The molecule has 0 aromatic carbocycles. The zero-order valence-electron chi connectivity index (χ0n) is 17.4. The SMILES string of the molecule is C[C@]12CCC(=O)C=C1CC[C@@H]1[C@@H]2[C@@H](O)C[C@@]2(C)[C@H]1CC[C@@]21OCOC12COCO2. The summed E-state index contributed by atoms with van der Waals surface area (Å²) < 4.78 is 24.1. The Balaban J connectivity index is 1.41. The highest BCUT2D eigenvalue weighted by atomic mass is 16.9. The molecule has 160 valence electrons. The van der Waals surface area contributed by atoms with Gasteiger partial charge < -0.3 is 24.1 Å². The van der Waals surface area contributed by atoms with Gasteiger partial charge in [0.25, 0.3) is 0 Å². The maximum absolute atomic E-state index is 12.1. The second-order valence-corrected chi connectivity index (χ2v) is 10.7. The van der Waals surface area contributed by atoms with Crippen molar-refractivity contribution < 1.29 is 28.8 Å². The quantitative estimate of drug-likeness (QED) is 0.669. The third-order valence-electron chi connectivity index (χ3n) is 9.90. The molecule has 0 aromatic heterocycles. The van der Waals surface area contributed by atoms with Crippen LogP contribution in [0.5, 0.6) is 0 Å². The van der Waals surface area contributed by atoms with E-state index in [0.29, 0.717) is 31.3 Å². The van der Waals surface area contributed by atoms with Crippen LogP contribution >= 0.6 is 0 Å². The summed E-state index contributed by atoms with van der Waals surface area (Å²) in [5.74, 6) is 0.506. The number of carbonyl (C=O) groups excluding carboxylic acids is 1. The average molecular weight is 405 g/mol. The fourth-order valence-electron chi connectivity index (χ4n) is 8.66. The lowest BCUT2D eigenvalue weighted by atomic mass is 9.45. The highest BCUT2D eigenvalue weighted by Crippen LogP contribution is 2.71. The second-order valence-electron chi connectivity index (χ2n) is 10.7. The molecule has 6 rings (SSSR count). The monoisotopic (exact) mass is 404 g/mol. The number of aliphatic hydroxyl groups is 1. The van der Waals surface area contributed by atoms with Crippen LogP contribution in [0.15, 0.2) is 11.6 Å². The molecule has 0 radical (unpaired) electrons. The van der Waals surface area contributed by atoms with Crippen molar-refractivity contribution in [3.63, 3.8) is 0 Å². The first kappa shape index (κ1) is 18.9. The number of ketones is 1. The van der Waals surface area contributed by atoms with Crippen molar-refractivity contribution in [2.24, 2.45) is 28.6 Å². The van der Waals surface area contributed by atoms with Gasteiger partial charge in [0.15, 0.2) is 19.4 Å². The molecule has 1 unspecified atom stereocenters. The van der Waals surface area contributed by atoms with E-state index in [1.807, 2.05) is 6.08 Å². The van der Waals surface area contributed by atoms with E-state index in [2.05, 4.69) is 13.8 Å². The summed E-state index contributed by atoms with van der Waals surface area (Å²) in [6.07, 6.45) is 7.58. The van der Waals surface area contributed by atoms with Gasteiger partial charge in [-0.3, -0.25) is 4.79 Å². The summed E-state index contributed by atoms with van der Waals surface area (Å²) in [4.78, 5) is 12.1. The van der Waals surface area contributed by atoms with Crippen LogP contribution < -0.4 is 0 Å². The van der Waals surface area contributed by atoms with Gasteiger partial charge >= 0.3 is 0 Å². The Labute approximate surface area is 171 Å². The van der Waals surface area contributed by atoms with E-state index in [-0.39, 0.29) is 36.1 Å². The number of aliphatic hydroxyl groups excluding tert-OH is 1. The van der Waals surface area contributed by atoms with Gasteiger partial charge in [-0.25, -0.2) is 0 Å². The summed E-state index contributed by atoms with van der Waals surface area (Å²) in [6.45, 7) is 5.44. The summed E-state index contributed by atoms with van der Waals surface area (Å²) >= 11 is 0. The fourth-order valence-corrected chi connectivity index (χ4v) is 8.66. The Morgan fingerprint density at radius 3 is 2.69 bits per heavy atom. The van der Waals surface area contributed by atoms with Crippen LogP contribution in [0.25, 0.3) is 0 Å². The first-order valence-corrected chi connectivity index (χ1v) is 11.3.